The van der Waals surface area contributed by atoms with Gasteiger partial charge in [-0.3, -0.25) is 4.79 Å². The molecule has 0 radical (unpaired) electrons. The Morgan fingerprint density at radius 1 is 0.780 bits per heavy atom. The fraction of sp³-hybridized carbons (Fsp3) is 0.267. The number of carbonyl (C=O) groups is 2. The third-order valence-corrected chi connectivity index (χ3v) is 6.49. The molecule has 0 N–H and O–H groups in total. The molecule has 3 aromatic carbocycles. The van der Waals surface area contributed by atoms with Crippen LogP contribution in [0.15, 0.2) is 48.0 Å². The Morgan fingerprint density at radius 3 is 1.95 bits per heavy atom. The van der Waals surface area contributed by atoms with Gasteiger partial charge in [0.05, 0.1) is 41.5 Å². The van der Waals surface area contributed by atoms with E-state index in [0.717, 1.165) is 0 Å². The van der Waals surface area contributed by atoms with Crippen LogP contribution < -0.4 is 67.8 Å². The van der Waals surface area contributed by atoms with E-state index in [-0.39, 0.29) is 76.5 Å². The third kappa shape index (κ3) is 6.40. The quantitative estimate of drug-likeness (QED) is 0.181. The van der Waals surface area contributed by atoms with Gasteiger partial charge < -0.3 is 43.1 Å². The summed E-state index contributed by atoms with van der Waals surface area (Å²) < 4.78 is 38.0. The molecule has 1 heterocycles. The van der Waals surface area contributed by atoms with E-state index in [2.05, 4.69) is 0 Å². The Kier molecular flexibility index (Phi) is 10.6. The second-order valence-corrected chi connectivity index (χ2v) is 8.78. The van der Waals surface area contributed by atoms with Gasteiger partial charge in [-0.25, -0.2) is 0 Å². The number of fused-ring (bicyclic) bond motifs is 1. The molecule has 1 aliphatic heterocycles. The SMILES string of the molecule is COc1ccc(C(=O)/C(Cc2cc(OC)c(OC)c(OC)c2)=C(\C(=O)[O-])c2cc(OC)c3c(c2)OCO3)cc1C.[Na+]. The van der Waals surface area contributed by atoms with E-state index in [9.17, 15) is 14.7 Å². The molecule has 210 valence electrons. The summed E-state index contributed by atoms with van der Waals surface area (Å²) in [5.74, 6) is 0.456. The van der Waals surface area contributed by atoms with Crippen molar-refractivity contribution in [1.82, 2.24) is 0 Å². The number of carboxylic acid groups (broad SMARTS) is 1. The summed E-state index contributed by atoms with van der Waals surface area (Å²) in [6, 6.07) is 11.1. The Hall–Kier alpha value is -3.86. The summed E-state index contributed by atoms with van der Waals surface area (Å²) in [5, 5.41) is 12.8. The number of allylic oxidation sites excluding steroid dienone is 1. The largest absolute Gasteiger partial charge is 1.00 e. The van der Waals surface area contributed by atoms with Crippen LogP contribution in [0.1, 0.15) is 27.0 Å². The first-order valence-electron chi connectivity index (χ1n) is 12.2. The minimum absolute atomic E-state index is 0. The van der Waals surface area contributed by atoms with Crippen molar-refractivity contribution in [3.8, 4) is 40.2 Å². The van der Waals surface area contributed by atoms with Gasteiger partial charge in [0.1, 0.15) is 5.75 Å². The molecule has 0 aliphatic carbocycles. The maximum atomic E-state index is 14.1. The molecule has 0 unspecified atom stereocenters. The topological polar surface area (TPSA) is 122 Å². The molecule has 0 spiro atoms. The Morgan fingerprint density at radius 2 is 1.41 bits per heavy atom. The van der Waals surface area contributed by atoms with Crippen molar-refractivity contribution in [3.05, 3.63) is 70.3 Å². The van der Waals surface area contributed by atoms with Crippen LogP contribution in [-0.4, -0.2) is 54.1 Å². The van der Waals surface area contributed by atoms with Crippen molar-refractivity contribution in [1.29, 1.82) is 0 Å². The molecule has 41 heavy (non-hydrogen) atoms. The van der Waals surface area contributed by atoms with Crippen molar-refractivity contribution in [2.24, 2.45) is 0 Å². The maximum Gasteiger partial charge on any atom is 1.00 e. The standard InChI is InChI=1S/C30H30O10.Na/c1-16-9-18(7-8-21(16)34-2)27(31)20(10-17-11-22(35-3)28(38-6)23(12-17)36-4)26(30(32)33)19-13-24(37-5)29-25(14-19)39-15-40-29;/h7-9,11-14H,10,15H2,1-6H3,(H,32,33);/q;+1/p-1/b26-20-;. The second kappa shape index (κ2) is 13.7. The number of hydrogen-bond donors (Lipinski definition) is 0. The molecular weight excluding hydrogens is 543 g/mol. The number of carbonyl (C=O) groups excluding carboxylic acids is 2. The Labute approximate surface area is 260 Å². The number of rotatable bonds is 11. The first-order valence-corrected chi connectivity index (χ1v) is 12.2. The van der Waals surface area contributed by atoms with Crippen molar-refractivity contribution in [2.75, 3.05) is 42.3 Å². The van der Waals surface area contributed by atoms with Gasteiger partial charge in [-0.2, -0.15) is 0 Å². The smallest absolute Gasteiger partial charge is 0.545 e. The minimum atomic E-state index is -1.55. The summed E-state index contributed by atoms with van der Waals surface area (Å²) >= 11 is 0. The Bertz CT molecular complexity index is 1470. The molecule has 3 aromatic rings. The van der Waals surface area contributed by atoms with Gasteiger partial charge in [0, 0.05) is 23.1 Å². The molecule has 11 heteroatoms. The number of carboxylic acids is 1. The fourth-order valence-electron chi connectivity index (χ4n) is 4.61. The molecule has 0 amide bonds. The van der Waals surface area contributed by atoms with E-state index in [4.69, 9.17) is 33.2 Å². The van der Waals surface area contributed by atoms with Crippen LogP contribution in [0.3, 0.4) is 0 Å². The van der Waals surface area contributed by atoms with Gasteiger partial charge >= 0.3 is 29.6 Å². The number of benzene rings is 3. The van der Waals surface area contributed by atoms with Gasteiger partial charge in [0.2, 0.25) is 18.3 Å². The predicted molar refractivity (Wildman–Crippen MR) is 143 cm³/mol. The number of aliphatic carboxylic acids is 1. The first-order chi connectivity index (χ1) is 19.3. The molecule has 0 fully saturated rings. The molecule has 1 aliphatic rings. The molecule has 0 saturated heterocycles. The van der Waals surface area contributed by atoms with Crippen molar-refractivity contribution in [2.45, 2.75) is 13.3 Å². The molecule has 4 rings (SSSR count). The predicted octanol–water partition coefficient (Wildman–Crippen LogP) is 0.400. The van der Waals surface area contributed by atoms with Gasteiger partial charge in [-0.15, -0.1) is 0 Å². The number of ether oxygens (including phenoxy) is 7. The summed E-state index contributed by atoms with van der Waals surface area (Å²) in [5.41, 5.74) is 1.30. The number of aryl methyl sites for hydroxylation is 1. The normalized spacial score (nSPS) is 12.0. The fourth-order valence-corrected chi connectivity index (χ4v) is 4.61. The molecule has 0 saturated carbocycles. The first kappa shape index (κ1) is 31.7. The zero-order chi connectivity index (χ0) is 29.0. The third-order valence-electron chi connectivity index (χ3n) is 6.49. The van der Waals surface area contributed by atoms with Gasteiger partial charge in [-0.1, -0.05) is 0 Å². The summed E-state index contributed by atoms with van der Waals surface area (Å²) in [6.07, 6.45) is -0.110. The van der Waals surface area contributed by atoms with Crippen LogP contribution in [-0.2, 0) is 11.2 Å². The minimum Gasteiger partial charge on any atom is -0.545 e. The monoisotopic (exact) mass is 572 g/mol. The molecule has 0 aromatic heterocycles. The van der Waals surface area contributed by atoms with E-state index >= 15 is 0 Å². The number of ketones is 1. The van der Waals surface area contributed by atoms with E-state index in [0.29, 0.717) is 39.9 Å². The van der Waals surface area contributed by atoms with Gasteiger partial charge in [0.15, 0.2) is 28.8 Å². The van der Waals surface area contributed by atoms with Gasteiger partial charge in [0.25, 0.3) is 0 Å². The van der Waals surface area contributed by atoms with Crippen molar-refractivity contribution in [3.63, 3.8) is 0 Å². The maximum absolute atomic E-state index is 14.1. The van der Waals surface area contributed by atoms with E-state index < -0.39 is 11.8 Å². The van der Waals surface area contributed by atoms with E-state index in [1.165, 1.54) is 47.7 Å². The second-order valence-electron chi connectivity index (χ2n) is 8.78. The van der Waals surface area contributed by atoms with Gasteiger partial charge in [-0.05, 0) is 66.1 Å². The van der Waals surface area contributed by atoms with Crippen molar-refractivity contribution < 1.29 is 77.4 Å². The molecule has 10 nitrogen and oxygen atoms in total. The Balaban J connectivity index is 0.00000462. The summed E-state index contributed by atoms with van der Waals surface area (Å²) in [4.78, 5) is 26.8. The average molecular weight is 573 g/mol. The summed E-state index contributed by atoms with van der Waals surface area (Å²) in [7, 11) is 7.36. The molecule has 0 atom stereocenters. The van der Waals surface area contributed by atoms with E-state index in [1.54, 1.807) is 37.3 Å². The number of Topliss-reactive ketones (excluding diaryl/α,β-unsaturated/α-hetero) is 1. The van der Waals surface area contributed by atoms with Crippen molar-refractivity contribution >= 4 is 17.3 Å². The zero-order valence-corrected chi connectivity index (χ0v) is 26.0. The summed E-state index contributed by atoms with van der Waals surface area (Å²) in [6.45, 7) is 1.74. The van der Waals surface area contributed by atoms with Crippen LogP contribution >= 0.6 is 0 Å². The number of hydrogen-bond acceptors (Lipinski definition) is 10. The van der Waals surface area contributed by atoms with Crippen LogP contribution in [0.4, 0.5) is 0 Å². The van der Waals surface area contributed by atoms with Crippen LogP contribution in [0.25, 0.3) is 5.57 Å². The number of methoxy groups -OCH3 is 5. The zero-order valence-electron chi connectivity index (χ0n) is 24.0. The van der Waals surface area contributed by atoms with Crippen LogP contribution in [0, 0.1) is 6.92 Å². The molecular formula is C30H29NaO10. The average Bonchev–Trinajstić information content (AvgIpc) is 3.44. The van der Waals surface area contributed by atoms with Crippen LogP contribution in [0.5, 0.6) is 40.2 Å². The molecule has 0 bridgehead atoms. The van der Waals surface area contributed by atoms with Crippen LogP contribution in [0.2, 0.25) is 0 Å². The van der Waals surface area contributed by atoms with E-state index in [1.807, 2.05) is 0 Å².